The van der Waals surface area contributed by atoms with Crippen molar-refractivity contribution in [2.75, 3.05) is 47.5 Å². The summed E-state index contributed by atoms with van der Waals surface area (Å²) in [6.07, 6.45) is 89.7. The second-order valence-electron chi connectivity index (χ2n) is 24.5. The standard InChI is InChI=1S/C74H132NO8P/c1-6-8-10-12-14-16-18-20-22-24-26-28-30-31-32-33-34-35-36-37-38-39-40-41-42-43-45-46-48-50-52-54-56-58-60-62-64-66-73(76)80-70-72(71-82-84(78,79)81-69-68-75(3,4)5)83-74(77)67-65-63-61-59-57-55-53-51-49-47-44-29-27-25-23-21-19-17-15-13-11-9-7-2/h9,11,15,17,21,23-24,26-27,29,47,49,53,55,59,61,72H,6-8,10,12-14,16,18-20,22,25,28,30-46,48,50-52,54,56-58,60,62-71H2,1-5H3/p+1/b11-9-,17-15-,23-21-,26-24-,29-27-,49-47-,55-53-,61-59-. The van der Waals surface area contributed by atoms with Gasteiger partial charge < -0.3 is 18.9 Å². The quantitative estimate of drug-likeness (QED) is 0.0211. The van der Waals surface area contributed by atoms with Crippen LogP contribution in [0.1, 0.15) is 309 Å². The van der Waals surface area contributed by atoms with Gasteiger partial charge in [-0.3, -0.25) is 18.6 Å². The van der Waals surface area contributed by atoms with Crippen molar-refractivity contribution in [2.24, 2.45) is 0 Å². The maximum atomic E-state index is 12.8. The number of ether oxygens (including phenoxy) is 2. The molecule has 0 aliphatic heterocycles. The number of phosphoric acid groups is 1. The molecule has 0 fully saturated rings. The summed E-state index contributed by atoms with van der Waals surface area (Å²) in [6.45, 7) is 4.28. The molecule has 2 atom stereocenters. The predicted octanol–water partition coefficient (Wildman–Crippen LogP) is 22.7. The van der Waals surface area contributed by atoms with Crippen LogP contribution in [0.5, 0.6) is 0 Å². The van der Waals surface area contributed by atoms with Crippen molar-refractivity contribution < 1.29 is 42.1 Å². The zero-order chi connectivity index (χ0) is 61.2. The molecule has 1 N–H and O–H groups in total. The zero-order valence-corrected chi connectivity index (χ0v) is 56.3. The molecule has 0 saturated heterocycles. The number of rotatable bonds is 64. The number of likely N-dealkylation sites (N-methyl/N-ethyl adjacent to an activating group) is 1. The molecule has 486 valence electrons. The SMILES string of the molecule is CC/C=C\C/C=C\C/C=C\C/C=C\C/C=C\C/C=C\C/C=C\CCCC(=O)OC(COC(=O)CCCCCCCCCCCCCCCCCCCCCCCCCCC/C=C\CCCCCCCCCC)COP(=O)(O)OCC[N+](C)(C)C. The van der Waals surface area contributed by atoms with Crippen LogP contribution in [0.25, 0.3) is 0 Å². The van der Waals surface area contributed by atoms with Gasteiger partial charge in [-0.15, -0.1) is 0 Å². The van der Waals surface area contributed by atoms with E-state index in [9.17, 15) is 19.0 Å². The average Bonchev–Trinajstić information content (AvgIpc) is 3.61. The Bertz CT molecular complexity index is 1740. The van der Waals surface area contributed by atoms with E-state index < -0.39 is 26.5 Å². The Morgan fingerprint density at radius 2 is 0.690 bits per heavy atom. The monoisotopic (exact) mass is 1190 g/mol. The fourth-order valence-electron chi connectivity index (χ4n) is 9.77. The molecule has 0 saturated carbocycles. The highest BCUT2D eigenvalue weighted by Crippen LogP contribution is 2.43. The van der Waals surface area contributed by atoms with Crippen LogP contribution in [-0.2, 0) is 32.7 Å². The van der Waals surface area contributed by atoms with Crippen molar-refractivity contribution in [2.45, 2.75) is 315 Å². The number of allylic oxidation sites excluding steroid dienone is 16. The van der Waals surface area contributed by atoms with Crippen molar-refractivity contribution in [1.82, 2.24) is 0 Å². The van der Waals surface area contributed by atoms with E-state index in [0.29, 0.717) is 23.9 Å². The van der Waals surface area contributed by atoms with Gasteiger partial charge in [-0.25, -0.2) is 4.57 Å². The summed E-state index contributed by atoms with van der Waals surface area (Å²) in [7, 11) is 1.44. The van der Waals surface area contributed by atoms with E-state index in [4.69, 9.17) is 18.5 Å². The van der Waals surface area contributed by atoms with Gasteiger partial charge in [0.25, 0.3) is 0 Å². The van der Waals surface area contributed by atoms with E-state index in [2.05, 4.69) is 111 Å². The smallest absolute Gasteiger partial charge is 0.462 e. The van der Waals surface area contributed by atoms with E-state index >= 15 is 0 Å². The van der Waals surface area contributed by atoms with E-state index in [1.54, 1.807) is 0 Å². The lowest BCUT2D eigenvalue weighted by Gasteiger charge is -2.24. The van der Waals surface area contributed by atoms with Crippen LogP contribution in [0.3, 0.4) is 0 Å². The first-order chi connectivity index (χ1) is 41.0. The Hall–Kier alpha value is -3.07. The Morgan fingerprint density at radius 3 is 1.06 bits per heavy atom. The van der Waals surface area contributed by atoms with Crippen LogP contribution in [0.2, 0.25) is 0 Å². The Morgan fingerprint density at radius 1 is 0.381 bits per heavy atom. The fraction of sp³-hybridized carbons (Fsp3) is 0.757. The molecule has 9 nitrogen and oxygen atoms in total. The van der Waals surface area contributed by atoms with Gasteiger partial charge in [0.1, 0.15) is 19.8 Å². The number of unbranched alkanes of at least 4 members (excludes halogenated alkanes) is 34. The van der Waals surface area contributed by atoms with E-state index in [0.717, 1.165) is 64.2 Å². The van der Waals surface area contributed by atoms with Crippen LogP contribution in [-0.4, -0.2) is 74.9 Å². The summed E-state index contributed by atoms with van der Waals surface area (Å²) in [6, 6.07) is 0. The van der Waals surface area contributed by atoms with E-state index in [1.165, 1.54) is 205 Å². The first-order valence-electron chi connectivity index (χ1n) is 35.0. The van der Waals surface area contributed by atoms with Crippen molar-refractivity contribution in [3.8, 4) is 0 Å². The molecule has 0 spiro atoms. The summed E-state index contributed by atoms with van der Waals surface area (Å²) >= 11 is 0. The van der Waals surface area contributed by atoms with Gasteiger partial charge in [0, 0.05) is 12.8 Å². The lowest BCUT2D eigenvalue weighted by Crippen LogP contribution is -2.37. The molecule has 0 heterocycles. The van der Waals surface area contributed by atoms with Gasteiger partial charge in [-0.1, -0.05) is 304 Å². The molecule has 0 aliphatic carbocycles. The van der Waals surface area contributed by atoms with Crippen LogP contribution in [0.15, 0.2) is 97.2 Å². The molecule has 0 radical (unpaired) electrons. The molecule has 0 bridgehead atoms. The summed E-state index contributed by atoms with van der Waals surface area (Å²) in [5, 5.41) is 0. The molecule has 0 aromatic heterocycles. The second-order valence-corrected chi connectivity index (χ2v) is 26.0. The highest BCUT2D eigenvalue weighted by atomic mass is 31.2. The predicted molar refractivity (Wildman–Crippen MR) is 362 cm³/mol. The van der Waals surface area contributed by atoms with Gasteiger partial charge in [-0.05, 0) is 89.9 Å². The van der Waals surface area contributed by atoms with Crippen molar-refractivity contribution in [3.05, 3.63) is 97.2 Å². The molecular formula is C74H133NO8P+. The number of hydrogen-bond donors (Lipinski definition) is 1. The summed E-state index contributed by atoms with van der Waals surface area (Å²) in [5.41, 5.74) is 0. The van der Waals surface area contributed by atoms with Gasteiger partial charge in [0.2, 0.25) is 0 Å². The lowest BCUT2D eigenvalue weighted by atomic mass is 10.0. The Kier molecular flexibility index (Phi) is 62.1. The number of quaternary nitrogens is 1. The second kappa shape index (κ2) is 64.4. The maximum Gasteiger partial charge on any atom is 0.472 e. The third kappa shape index (κ3) is 68.0. The minimum absolute atomic E-state index is 0.0173. The highest BCUT2D eigenvalue weighted by molar-refractivity contribution is 7.47. The Labute approximate surface area is 519 Å². The van der Waals surface area contributed by atoms with Gasteiger partial charge in [0.05, 0.1) is 27.7 Å². The number of carbonyl (C=O) groups excluding carboxylic acids is 2. The highest BCUT2D eigenvalue weighted by Gasteiger charge is 2.27. The van der Waals surface area contributed by atoms with Gasteiger partial charge in [0.15, 0.2) is 6.10 Å². The summed E-state index contributed by atoms with van der Waals surface area (Å²) < 4.78 is 34.6. The number of hydrogen-bond acceptors (Lipinski definition) is 7. The normalized spacial score (nSPS) is 13.7. The fourth-order valence-corrected chi connectivity index (χ4v) is 10.5. The molecule has 0 amide bonds. The van der Waals surface area contributed by atoms with Gasteiger partial charge in [-0.2, -0.15) is 0 Å². The molecule has 84 heavy (non-hydrogen) atoms. The summed E-state index contributed by atoms with van der Waals surface area (Å²) in [5.74, 6) is -0.862. The maximum absolute atomic E-state index is 12.8. The average molecular weight is 1200 g/mol. The number of nitrogens with zero attached hydrogens (tertiary/aromatic N) is 1. The van der Waals surface area contributed by atoms with Crippen LogP contribution >= 0.6 is 7.82 Å². The van der Waals surface area contributed by atoms with Gasteiger partial charge >= 0.3 is 19.8 Å². The number of esters is 2. The Balaban J connectivity index is 4.03. The first kappa shape index (κ1) is 80.9. The number of carbonyl (C=O) groups is 2. The molecular weight excluding hydrogens is 1060 g/mol. The van der Waals surface area contributed by atoms with Crippen molar-refractivity contribution in [3.63, 3.8) is 0 Å². The third-order valence-corrected chi connectivity index (χ3v) is 16.1. The van der Waals surface area contributed by atoms with Crippen molar-refractivity contribution >= 4 is 19.8 Å². The molecule has 0 rings (SSSR count). The number of phosphoric ester groups is 1. The lowest BCUT2D eigenvalue weighted by molar-refractivity contribution is -0.870. The molecule has 10 heteroatoms. The molecule has 0 aromatic carbocycles. The molecule has 0 aromatic rings. The summed E-state index contributed by atoms with van der Waals surface area (Å²) in [4.78, 5) is 35.8. The third-order valence-electron chi connectivity index (χ3n) is 15.1. The molecule has 0 aliphatic rings. The van der Waals surface area contributed by atoms with Crippen LogP contribution < -0.4 is 0 Å². The largest absolute Gasteiger partial charge is 0.472 e. The first-order valence-corrected chi connectivity index (χ1v) is 36.5. The minimum atomic E-state index is -4.41. The van der Waals surface area contributed by atoms with Crippen LogP contribution in [0, 0.1) is 0 Å². The van der Waals surface area contributed by atoms with Crippen LogP contribution in [0.4, 0.5) is 0 Å². The van der Waals surface area contributed by atoms with E-state index in [-0.39, 0.29) is 32.0 Å². The van der Waals surface area contributed by atoms with Crippen molar-refractivity contribution in [1.29, 1.82) is 0 Å². The molecule has 2 unspecified atom stereocenters. The minimum Gasteiger partial charge on any atom is -0.462 e. The topological polar surface area (TPSA) is 108 Å². The van der Waals surface area contributed by atoms with E-state index in [1.807, 2.05) is 21.1 Å². The zero-order valence-electron chi connectivity index (χ0n) is 55.4.